The van der Waals surface area contributed by atoms with Crippen molar-refractivity contribution in [3.63, 3.8) is 0 Å². The van der Waals surface area contributed by atoms with E-state index in [-0.39, 0.29) is 34.0 Å². The number of nitrogens with two attached hydrogens (primary N) is 2. The predicted molar refractivity (Wildman–Crippen MR) is 118 cm³/mol. The summed E-state index contributed by atoms with van der Waals surface area (Å²) in [6, 6.07) is 10.3. The van der Waals surface area contributed by atoms with Crippen LogP contribution in [0.25, 0.3) is 11.3 Å². The molecule has 0 fully saturated rings. The molecule has 0 unspecified atom stereocenters. The van der Waals surface area contributed by atoms with Crippen molar-refractivity contribution in [2.24, 2.45) is 15.9 Å². The first-order valence-electron chi connectivity index (χ1n) is 9.52. The highest BCUT2D eigenvalue weighted by Crippen LogP contribution is 2.23. The Morgan fingerprint density at radius 3 is 2.55 bits per heavy atom. The lowest BCUT2D eigenvalue weighted by atomic mass is 9.91. The molecule has 0 bridgehead atoms. The number of nitrogen functional groups attached to an aromatic ring is 1. The van der Waals surface area contributed by atoms with Gasteiger partial charge in [-0.15, -0.1) is 0 Å². The second-order valence-electron chi connectivity index (χ2n) is 7.87. The molecule has 31 heavy (non-hydrogen) atoms. The van der Waals surface area contributed by atoms with Gasteiger partial charge >= 0.3 is 0 Å². The molecule has 0 aliphatic rings. The summed E-state index contributed by atoms with van der Waals surface area (Å²) in [6.07, 6.45) is 1.43. The lowest BCUT2D eigenvalue weighted by molar-refractivity contribution is 0.565. The highest BCUT2D eigenvalue weighted by molar-refractivity contribution is 6.37. The van der Waals surface area contributed by atoms with Crippen LogP contribution in [0.4, 0.5) is 14.7 Å². The number of pyridine rings is 1. The Bertz CT molecular complexity index is 1150. The van der Waals surface area contributed by atoms with Gasteiger partial charge in [0.15, 0.2) is 0 Å². The van der Waals surface area contributed by atoms with Gasteiger partial charge in [0.25, 0.3) is 0 Å². The molecule has 0 spiro atoms. The van der Waals surface area contributed by atoms with Gasteiger partial charge in [0.05, 0.1) is 29.8 Å². The fourth-order valence-corrected chi connectivity index (χ4v) is 2.81. The minimum Gasteiger partial charge on any atom is -0.368 e. The Kier molecular flexibility index (Phi) is 6.33. The second-order valence-corrected chi connectivity index (χ2v) is 7.87. The molecular formula is C22H23F2N7. The van der Waals surface area contributed by atoms with E-state index in [9.17, 15) is 8.78 Å². The maximum atomic E-state index is 14.2. The largest absolute Gasteiger partial charge is 0.368 e. The number of anilines is 1. The normalized spacial score (nSPS) is 12.5. The number of benzene rings is 1. The van der Waals surface area contributed by atoms with Gasteiger partial charge in [-0.05, 0) is 36.4 Å². The van der Waals surface area contributed by atoms with Crippen LogP contribution in [0.2, 0.25) is 0 Å². The molecule has 0 aliphatic carbocycles. The molecule has 9 heteroatoms. The first kappa shape index (κ1) is 21.9. The zero-order chi connectivity index (χ0) is 22.6. The molecule has 160 valence electrons. The van der Waals surface area contributed by atoms with Crippen LogP contribution in [0.5, 0.6) is 0 Å². The summed E-state index contributed by atoms with van der Waals surface area (Å²) >= 11 is 0. The highest BCUT2D eigenvalue weighted by atomic mass is 19.1. The number of halogens is 2. The van der Waals surface area contributed by atoms with Gasteiger partial charge in [-0.2, -0.15) is 5.10 Å². The first-order valence-corrected chi connectivity index (χ1v) is 9.52. The summed E-state index contributed by atoms with van der Waals surface area (Å²) < 4.78 is 27.7. The average molecular weight is 423 g/mol. The van der Waals surface area contributed by atoms with E-state index in [0.29, 0.717) is 6.54 Å². The number of hydrazone groups is 1. The van der Waals surface area contributed by atoms with Gasteiger partial charge in [0.2, 0.25) is 5.95 Å². The quantitative estimate of drug-likeness (QED) is 0.369. The summed E-state index contributed by atoms with van der Waals surface area (Å²) in [5.41, 5.74) is 7.92. The van der Waals surface area contributed by atoms with Gasteiger partial charge in [0, 0.05) is 16.7 Å². The molecule has 0 saturated heterocycles. The van der Waals surface area contributed by atoms with E-state index in [2.05, 4.69) is 45.8 Å². The van der Waals surface area contributed by atoms with Gasteiger partial charge in [-0.1, -0.05) is 26.8 Å². The minimum atomic E-state index is -0.643. The Hall–Kier alpha value is -3.75. The SMILES string of the molecule is CC(C)(C)c1cccc(CN=C/C(=N\N)c2cc(-c3cc(F)ccc3F)nc(N)n2)n1. The van der Waals surface area contributed by atoms with Crippen molar-refractivity contribution in [2.75, 3.05) is 5.73 Å². The Morgan fingerprint density at radius 1 is 1.06 bits per heavy atom. The third-order valence-electron chi connectivity index (χ3n) is 4.39. The van der Waals surface area contributed by atoms with Crippen LogP contribution in [-0.4, -0.2) is 26.9 Å². The van der Waals surface area contributed by atoms with Crippen LogP contribution in [-0.2, 0) is 12.0 Å². The van der Waals surface area contributed by atoms with Crippen molar-refractivity contribution in [3.05, 3.63) is 71.2 Å². The van der Waals surface area contributed by atoms with E-state index >= 15 is 0 Å². The number of rotatable bonds is 5. The van der Waals surface area contributed by atoms with Gasteiger partial charge < -0.3 is 11.6 Å². The Morgan fingerprint density at radius 2 is 1.84 bits per heavy atom. The topological polar surface area (TPSA) is 115 Å². The monoisotopic (exact) mass is 423 g/mol. The second kappa shape index (κ2) is 8.95. The van der Waals surface area contributed by atoms with E-state index in [1.165, 1.54) is 12.3 Å². The van der Waals surface area contributed by atoms with Gasteiger partial charge in [-0.3, -0.25) is 9.98 Å². The molecule has 3 rings (SSSR count). The number of nitrogens with zero attached hydrogens (tertiary/aromatic N) is 5. The van der Waals surface area contributed by atoms with Crippen molar-refractivity contribution in [3.8, 4) is 11.3 Å². The number of hydrogen-bond acceptors (Lipinski definition) is 7. The summed E-state index contributed by atoms with van der Waals surface area (Å²) in [7, 11) is 0. The third-order valence-corrected chi connectivity index (χ3v) is 4.39. The zero-order valence-corrected chi connectivity index (χ0v) is 17.5. The summed E-state index contributed by atoms with van der Waals surface area (Å²) in [5.74, 6) is 4.12. The molecule has 0 atom stereocenters. The molecule has 4 N–H and O–H groups in total. The summed E-state index contributed by atoms with van der Waals surface area (Å²) in [5, 5.41) is 3.70. The van der Waals surface area contributed by atoms with Crippen LogP contribution < -0.4 is 11.6 Å². The fourth-order valence-electron chi connectivity index (χ4n) is 2.81. The van der Waals surface area contributed by atoms with Crippen LogP contribution in [0.1, 0.15) is 37.9 Å². The molecule has 7 nitrogen and oxygen atoms in total. The molecule has 0 amide bonds. The van der Waals surface area contributed by atoms with Crippen molar-refractivity contribution in [1.82, 2.24) is 15.0 Å². The zero-order valence-electron chi connectivity index (χ0n) is 17.5. The molecule has 0 saturated carbocycles. The van der Waals surface area contributed by atoms with Crippen LogP contribution in [0, 0.1) is 11.6 Å². The average Bonchev–Trinajstić information content (AvgIpc) is 2.72. The first-order chi connectivity index (χ1) is 14.7. The number of aromatic nitrogens is 3. The van der Waals surface area contributed by atoms with E-state index in [0.717, 1.165) is 29.6 Å². The Balaban J connectivity index is 1.86. The van der Waals surface area contributed by atoms with Crippen molar-refractivity contribution in [1.29, 1.82) is 0 Å². The standard InChI is InChI=1S/C22H23F2N7/c1-22(2,3)20-6-4-5-14(28-20)11-27-12-19(31-26)18-10-17(29-21(25)30-18)15-9-13(23)7-8-16(15)24/h4-10,12H,11,26H2,1-3H3,(H2,25,29,30)/b27-12?,31-19+. The van der Waals surface area contributed by atoms with Crippen molar-refractivity contribution < 1.29 is 8.78 Å². The maximum absolute atomic E-state index is 14.2. The molecule has 0 aliphatic heterocycles. The highest BCUT2D eigenvalue weighted by Gasteiger charge is 2.16. The van der Waals surface area contributed by atoms with E-state index in [1.54, 1.807) is 0 Å². The number of hydrogen-bond donors (Lipinski definition) is 2. The smallest absolute Gasteiger partial charge is 0.221 e. The van der Waals surface area contributed by atoms with Gasteiger partial charge in [0.1, 0.15) is 17.3 Å². The molecule has 2 heterocycles. The molecule has 1 aromatic carbocycles. The van der Waals surface area contributed by atoms with Crippen LogP contribution in [0.3, 0.4) is 0 Å². The lowest BCUT2D eigenvalue weighted by Crippen LogP contribution is -2.14. The fraction of sp³-hybridized carbons (Fsp3) is 0.227. The lowest BCUT2D eigenvalue weighted by Gasteiger charge is -2.17. The Labute approximate surface area is 179 Å². The van der Waals surface area contributed by atoms with Crippen molar-refractivity contribution >= 4 is 17.9 Å². The summed E-state index contributed by atoms with van der Waals surface area (Å²) in [6.45, 7) is 6.55. The number of aliphatic imine (C=N–C) groups is 1. The van der Waals surface area contributed by atoms with E-state index in [1.807, 2.05) is 18.2 Å². The van der Waals surface area contributed by atoms with E-state index < -0.39 is 11.6 Å². The van der Waals surface area contributed by atoms with Crippen LogP contribution >= 0.6 is 0 Å². The van der Waals surface area contributed by atoms with Crippen molar-refractivity contribution in [2.45, 2.75) is 32.7 Å². The molecule has 0 radical (unpaired) electrons. The van der Waals surface area contributed by atoms with E-state index in [4.69, 9.17) is 11.6 Å². The van der Waals surface area contributed by atoms with Crippen LogP contribution in [0.15, 0.2) is 52.6 Å². The molecular weight excluding hydrogens is 400 g/mol. The minimum absolute atomic E-state index is 0.0492. The maximum Gasteiger partial charge on any atom is 0.221 e. The molecule has 2 aromatic heterocycles. The van der Waals surface area contributed by atoms with Gasteiger partial charge in [-0.25, -0.2) is 18.7 Å². The predicted octanol–water partition coefficient (Wildman–Crippen LogP) is 3.63. The summed E-state index contributed by atoms with van der Waals surface area (Å²) in [4.78, 5) is 17.0. The third kappa shape index (κ3) is 5.44. The molecule has 3 aromatic rings.